The number of nitrogens with two attached hydrogens (primary N) is 1. The summed E-state index contributed by atoms with van der Waals surface area (Å²) in [7, 11) is -3.53. The molecule has 6 nitrogen and oxygen atoms in total. The van der Waals surface area contributed by atoms with Gasteiger partial charge in [0.15, 0.2) is 5.82 Å². The Kier molecular flexibility index (Phi) is 5.97. The molecule has 0 bridgehead atoms. The lowest BCUT2D eigenvalue weighted by molar-refractivity contribution is 0.578. The van der Waals surface area contributed by atoms with Crippen molar-refractivity contribution in [3.05, 3.63) is 6.20 Å². The molecule has 0 aliphatic carbocycles. The van der Waals surface area contributed by atoms with Gasteiger partial charge in [-0.3, -0.25) is 4.68 Å². The van der Waals surface area contributed by atoms with Crippen molar-refractivity contribution in [1.82, 2.24) is 14.5 Å². The molecule has 1 aromatic heterocycles. The minimum atomic E-state index is -3.53. The van der Waals surface area contributed by atoms with Crippen LogP contribution in [0.5, 0.6) is 0 Å². The van der Waals surface area contributed by atoms with Crippen LogP contribution in [0.3, 0.4) is 0 Å². The van der Waals surface area contributed by atoms with Crippen LogP contribution in [0.2, 0.25) is 0 Å². The van der Waals surface area contributed by atoms with Gasteiger partial charge in [-0.15, -0.1) is 0 Å². The number of thioether (sulfide) groups is 1. The lowest BCUT2D eigenvalue weighted by atomic mass is 10.3. The summed E-state index contributed by atoms with van der Waals surface area (Å²) in [5.41, 5.74) is 5.60. The van der Waals surface area contributed by atoms with Crippen molar-refractivity contribution in [2.45, 2.75) is 31.2 Å². The van der Waals surface area contributed by atoms with Crippen LogP contribution in [0.4, 0.5) is 5.82 Å². The van der Waals surface area contributed by atoms with E-state index in [4.69, 9.17) is 5.73 Å². The van der Waals surface area contributed by atoms with Gasteiger partial charge in [-0.2, -0.15) is 16.9 Å². The molecule has 1 rings (SSSR count). The van der Waals surface area contributed by atoms with Crippen LogP contribution in [0, 0.1) is 0 Å². The highest BCUT2D eigenvalue weighted by Gasteiger charge is 2.20. The number of hydrogen-bond acceptors (Lipinski definition) is 5. The van der Waals surface area contributed by atoms with Crippen LogP contribution in [0.1, 0.15) is 19.8 Å². The third-order valence-corrected chi connectivity index (χ3v) is 4.61. The average Bonchev–Trinajstić information content (AvgIpc) is 2.71. The van der Waals surface area contributed by atoms with Gasteiger partial charge < -0.3 is 5.73 Å². The van der Waals surface area contributed by atoms with Crippen molar-refractivity contribution in [1.29, 1.82) is 0 Å². The summed E-state index contributed by atoms with van der Waals surface area (Å²) in [5, 5.41) is 3.93. The fourth-order valence-corrected chi connectivity index (χ4v) is 3.08. The van der Waals surface area contributed by atoms with E-state index in [2.05, 4.69) is 9.82 Å². The van der Waals surface area contributed by atoms with Gasteiger partial charge in [0.05, 0.1) is 0 Å². The van der Waals surface area contributed by atoms with Gasteiger partial charge in [0.2, 0.25) is 10.0 Å². The lowest BCUT2D eigenvalue weighted by Gasteiger charge is -2.04. The molecule has 104 valence electrons. The van der Waals surface area contributed by atoms with E-state index in [9.17, 15) is 8.42 Å². The molecule has 0 radical (unpaired) electrons. The zero-order valence-corrected chi connectivity index (χ0v) is 12.4. The number of anilines is 1. The maximum Gasteiger partial charge on any atom is 0.245 e. The molecule has 0 amide bonds. The normalized spacial score (nSPS) is 11.9. The van der Waals surface area contributed by atoms with E-state index in [0.717, 1.165) is 18.6 Å². The number of aryl methyl sites for hydroxylation is 1. The van der Waals surface area contributed by atoms with Gasteiger partial charge in [-0.05, 0) is 31.8 Å². The molecular formula is C10H20N4O2S2. The molecule has 0 atom stereocenters. The molecule has 1 heterocycles. The van der Waals surface area contributed by atoms with E-state index in [1.807, 2.05) is 13.2 Å². The van der Waals surface area contributed by atoms with Crippen molar-refractivity contribution in [3.8, 4) is 0 Å². The summed E-state index contributed by atoms with van der Waals surface area (Å²) in [6.07, 6.45) is 5.30. The minimum Gasteiger partial charge on any atom is -0.381 e. The maximum absolute atomic E-state index is 12.0. The van der Waals surface area contributed by atoms with Gasteiger partial charge in [0, 0.05) is 19.3 Å². The number of aromatic nitrogens is 2. The second-order valence-electron chi connectivity index (χ2n) is 3.83. The Morgan fingerprint density at radius 2 is 2.22 bits per heavy atom. The molecule has 0 aliphatic heterocycles. The number of rotatable bonds is 8. The smallest absolute Gasteiger partial charge is 0.245 e. The first kappa shape index (κ1) is 15.3. The Labute approximate surface area is 112 Å². The third-order valence-electron chi connectivity index (χ3n) is 2.44. The summed E-state index contributed by atoms with van der Waals surface area (Å²) in [5.74, 6) is 1.09. The molecule has 0 spiro atoms. The Balaban J connectivity index is 2.60. The molecule has 0 saturated heterocycles. The van der Waals surface area contributed by atoms with E-state index in [1.54, 1.807) is 11.8 Å². The standard InChI is InChI=1S/C10H20N4O2S2/c1-3-14-8-9(10(11)13-14)18(15,16)12-6-4-5-7-17-2/h8,12H,3-7H2,1-2H3,(H2,11,13). The zero-order valence-electron chi connectivity index (χ0n) is 10.7. The molecule has 18 heavy (non-hydrogen) atoms. The largest absolute Gasteiger partial charge is 0.381 e. The van der Waals surface area contributed by atoms with Crippen LogP contribution in [-0.2, 0) is 16.6 Å². The Hall–Kier alpha value is -0.730. The number of nitrogens with zero attached hydrogens (tertiary/aromatic N) is 2. The molecule has 0 saturated carbocycles. The van der Waals surface area contributed by atoms with Crippen LogP contribution >= 0.6 is 11.8 Å². The fourth-order valence-electron chi connectivity index (χ4n) is 1.44. The molecular weight excluding hydrogens is 272 g/mol. The molecule has 1 aromatic rings. The lowest BCUT2D eigenvalue weighted by Crippen LogP contribution is -2.25. The molecule has 0 aliphatic rings. The second-order valence-corrected chi connectivity index (χ2v) is 6.55. The van der Waals surface area contributed by atoms with Crippen molar-refractivity contribution < 1.29 is 8.42 Å². The van der Waals surface area contributed by atoms with E-state index in [0.29, 0.717) is 13.1 Å². The minimum absolute atomic E-state index is 0.0495. The van der Waals surface area contributed by atoms with Gasteiger partial charge in [0.25, 0.3) is 0 Å². The van der Waals surface area contributed by atoms with Gasteiger partial charge in [-0.1, -0.05) is 0 Å². The average molecular weight is 292 g/mol. The van der Waals surface area contributed by atoms with Crippen molar-refractivity contribution >= 4 is 27.6 Å². The summed E-state index contributed by atoms with van der Waals surface area (Å²) in [6, 6.07) is 0. The van der Waals surface area contributed by atoms with Crippen LogP contribution in [0.25, 0.3) is 0 Å². The second kappa shape index (κ2) is 7.01. The first-order valence-electron chi connectivity index (χ1n) is 5.82. The fraction of sp³-hybridized carbons (Fsp3) is 0.700. The van der Waals surface area contributed by atoms with Gasteiger partial charge in [0.1, 0.15) is 4.90 Å². The highest BCUT2D eigenvalue weighted by atomic mass is 32.2. The first-order valence-corrected chi connectivity index (χ1v) is 8.70. The summed E-state index contributed by atoms with van der Waals surface area (Å²) < 4.78 is 28.0. The Morgan fingerprint density at radius 1 is 1.50 bits per heavy atom. The quantitative estimate of drug-likeness (QED) is 0.695. The van der Waals surface area contributed by atoms with Crippen LogP contribution < -0.4 is 10.5 Å². The molecule has 0 fully saturated rings. The highest BCUT2D eigenvalue weighted by molar-refractivity contribution is 7.98. The number of hydrogen-bond donors (Lipinski definition) is 2. The number of nitrogens with one attached hydrogen (secondary N) is 1. The number of sulfonamides is 1. The monoisotopic (exact) mass is 292 g/mol. The van der Waals surface area contributed by atoms with E-state index in [1.165, 1.54) is 10.9 Å². The number of nitrogen functional groups attached to an aromatic ring is 1. The van der Waals surface area contributed by atoms with Crippen LogP contribution in [0.15, 0.2) is 11.1 Å². The maximum atomic E-state index is 12.0. The SMILES string of the molecule is CCn1cc(S(=O)(=O)NCCCCSC)c(N)n1. The van der Waals surface area contributed by atoms with E-state index in [-0.39, 0.29) is 10.7 Å². The molecule has 0 aromatic carbocycles. The highest BCUT2D eigenvalue weighted by Crippen LogP contribution is 2.15. The summed E-state index contributed by atoms with van der Waals surface area (Å²) >= 11 is 1.75. The van der Waals surface area contributed by atoms with Crippen molar-refractivity contribution in [3.63, 3.8) is 0 Å². The van der Waals surface area contributed by atoms with Gasteiger partial charge in [-0.25, -0.2) is 13.1 Å². The third kappa shape index (κ3) is 4.18. The zero-order chi connectivity index (χ0) is 13.6. The molecule has 8 heteroatoms. The van der Waals surface area contributed by atoms with Crippen molar-refractivity contribution in [2.75, 3.05) is 24.3 Å². The predicted octanol–water partition coefficient (Wildman–Crippen LogP) is 0.907. The summed E-state index contributed by atoms with van der Waals surface area (Å²) in [6.45, 7) is 2.89. The van der Waals surface area contributed by atoms with E-state index >= 15 is 0 Å². The van der Waals surface area contributed by atoms with Crippen LogP contribution in [-0.4, -0.2) is 36.8 Å². The first-order chi connectivity index (χ1) is 8.51. The number of unbranched alkanes of at least 4 members (excludes halogenated alkanes) is 1. The molecule has 0 unspecified atom stereocenters. The Morgan fingerprint density at radius 3 is 2.78 bits per heavy atom. The Bertz CT molecular complexity index is 470. The molecule has 3 N–H and O–H groups in total. The van der Waals surface area contributed by atoms with Crippen molar-refractivity contribution in [2.24, 2.45) is 0 Å². The predicted molar refractivity (Wildman–Crippen MR) is 75.1 cm³/mol. The van der Waals surface area contributed by atoms with E-state index < -0.39 is 10.0 Å². The summed E-state index contributed by atoms with van der Waals surface area (Å²) in [4.78, 5) is 0.0641. The van der Waals surface area contributed by atoms with Gasteiger partial charge >= 0.3 is 0 Å². The topological polar surface area (TPSA) is 90.0 Å².